The molecular formula is C26H30ClN7O4. The zero-order valence-corrected chi connectivity index (χ0v) is 22.7. The molecule has 1 aliphatic heterocycles. The van der Waals surface area contributed by atoms with Gasteiger partial charge in [-0.25, -0.2) is 4.79 Å². The highest BCUT2D eigenvalue weighted by Crippen LogP contribution is 2.39. The molecule has 3 heterocycles. The van der Waals surface area contributed by atoms with Crippen LogP contribution in [0.4, 0.5) is 17.1 Å². The van der Waals surface area contributed by atoms with Gasteiger partial charge in [0.05, 0.1) is 12.6 Å². The second kappa shape index (κ2) is 9.55. The molecule has 0 saturated heterocycles. The lowest BCUT2D eigenvalue weighted by Gasteiger charge is -2.31. The van der Waals surface area contributed by atoms with Crippen molar-refractivity contribution in [2.24, 2.45) is 12.5 Å². The van der Waals surface area contributed by atoms with E-state index in [2.05, 4.69) is 26.0 Å². The molecule has 2 aromatic heterocycles. The first-order valence-electron chi connectivity index (χ1n) is 12.4. The summed E-state index contributed by atoms with van der Waals surface area (Å²) in [5.74, 6) is 1.46. The Balaban J connectivity index is 1.38. The SMILES string of the molecule is Cc1ccc(C(Nc2c(Nc3ccc(Cl)c4c3CN(CCn3nnn(C)c3=O)C4)c(=O)c2=O)C(C)(C)C)o1. The summed E-state index contributed by atoms with van der Waals surface area (Å²) in [5, 5.41) is 14.7. The lowest BCUT2D eigenvalue weighted by Crippen LogP contribution is -2.39. The van der Waals surface area contributed by atoms with E-state index in [1.807, 2.05) is 45.9 Å². The van der Waals surface area contributed by atoms with Crippen molar-refractivity contribution in [2.75, 3.05) is 17.2 Å². The summed E-state index contributed by atoms with van der Waals surface area (Å²) in [5.41, 5.74) is 1.34. The molecule has 0 spiro atoms. The lowest BCUT2D eigenvalue weighted by atomic mass is 9.85. The second-order valence-corrected chi connectivity index (χ2v) is 11.2. The summed E-state index contributed by atoms with van der Waals surface area (Å²) < 4.78 is 8.36. The van der Waals surface area contributed by atoms with Gasteiger partial charge in [0, 0.05) is 37.4 Å². The number of nitrogens with zero attached hydrogens (tertiary/aromatic N) is 5. The number of nitrogens with one attached hydrogen (secondary N) is 2. The van der Waals surface area contributed by atoms with Gasteiger partial charge >= 0.3 is 5.69 Å². The Morgan fingerprint density at radius 1 is 1.00 bits per heavy atom. The van der Waals surface area contributed by atoms with Crippen molar-refractivity contribution in [3.63, 3.8) is 0 Å². The van der Waals surface area contributed by atoms with Gasteiger partial charge in [0.1, 0.15) is 22.9 Å². The first kappa shape index (κ1) is 25.9. The number of hydrogen-bond acceptors (Lipinski definition) is 9. The van der Waals surface area contributed by atoms with Crippen LogP contribution < -0.4 is 27.2 Å². The number of aryl methyl sites for hydroxylation is 2. The van der Waals surface area contributed by atoms with Crippen LogP contribution in [0.1, 0.15) is 49.5 Å². The number of halogens is 1. The molecule has 1 atom stereocenters. The Kier molecular flexibility index (Phi) is 6.52. The Hall–Kier alpha value is -3.70. The number of benzene rings is 1. The predicted molar refractivity (Wildman–Crippen MR) is 145 cm³/mol. The van der Waals surface area contributed by atoms with Crippen molar-refractivity contribution in [1.82, 2.24) is 24.7 Å². The molecule has 200 valence electrons. The van der Waals surface area contributed by atoms with Crippen molar-refractivity contribution in [1.29, 1.82) is 0 Å². The predicted octanol–water partition coefficient (Wildman–Crippen LogP) is 3.09. The maximum absolute atomic E-state index is 12.7. The third-order valence-electron chi connectivity index (χ3n) is 6.92. The first-order chi connectivity index (χ1) is 17.9. The minimum atomic E-state index is -0.573. The minimum Gasteiger partial charge on any atom is -0.464 e. The maximum Gasteiger partial charge on any atom is 0.363 e. The second-order valence-electron chi connectivity index (χ2n) is 10.8. The first-order valence-corrected chi connectivity index (χ1v) is 12.7. The maximum atomic E-state index is 12.7. The summed E-state index contributed by atoms with van der Waals surface area (Å²) in [6.07, 6.45) is 0. The number of tetrazole rings is 1. The lowest BCUT2D eigenvalue weighted by molar-refractivity contribution is 0.264. The van der Waals surface area contributed by atoms with Crippen molar-refractivity contribution in [3.8, 4) is 0 Å². The van der Waals surface area contributed by atoms with Gasteiger partial charge in [-0.1, -0.05) is 32.4 Å². The summed E-state index contributed by atoms with van der Waals surface area (Å²) in [6.45, 7) is 10.1. The normalized spacial score (nSPS) is 14.7. The minimum absolute atomic E-state index is 0.224. The quantitative estimate of drug-likeness (QED) is 0.325. The van der Waals surface area contributed by atoms with Gasteiger partial charge in [0.25, 0.3) is 10.9 Å². The standard InChI is InChI=1S/C26H30ClN7O4/c1-14-6-9-19(38-14)24(26(2,3)4)29-21-20(22(35)23(21)36)28-18-8-7-17(27)15-12-33(13-16(15)18)10-11-34-25(37)32(5)30-31-34/h6-9,24,28-29H,10-13H2,1-5H3. The van der Waals surface area contributed by atoms with Crippen LogP contribution in [-0.2, 0) is 26.7 Å². The van der Waals surface area contributed by atoms with Gasteiger partial charge in [-0.2, -0.15) is 9.36 Å². The summed E-state index contributed by atoms with van der Waals surface area (Å²) in [4.78, 5) is 39.5. The van der Waals surface area contributed by atoms with E-state index < -0.39 is 10.9 Å². The average molecular weight is 540 g/mol. The Labute approximate surface area is 223 Å². The highest BCUT2D eigenvalue weighted by Gasteiger charge is 2.33. The third kappa shape index (κ3) is 4.67. The van der Waals surface area contributed by atoms with Gasteiger partial charge in [0.2, 0.25) is 0 Å². The third-order valence-corrected chi connectivity index (χ3v) is 7.27. The molecule has 5 rings (SSSR count). The molecule has 12 heteroatoms. The summed E-state index contributed by atoms with van der Waals surface area (Å²) in [7, 11) is 1.55. The molecule has 2 aromatic carbocycles. The van der Waals surface area contributed by atoms with Crippen LogP contribution in [0.25, 0.3) is 0 Å². The van der Waals surface area contributed by atoms with E-state index in [4.69, 9.17) is 16.0 Å². The van der Waals surface area contributed by atoms with E-state index in [0.717, 1.165) is 16.9 Å². The highest BCUT2D eigenvalue weighted by molar-refractivity contribution is 6.31. The van der Waals surface area contributed by atoms with E-state index in [1.54, 1.807) is 13.1 Å². The Bertz CT molecular complexity index is 1630. The van der Waals surface area contributed by atoms with Crippen LogP contribution in [0.3, 0.4) is 0 Å². The monoisotopic (exact) mass is 539 g/mol. The van der Waals surface area contributed by atoms with Crippen molar-refractivity contribution >= 4 is 28.7 Å². The van der Waals surface area contributed by atoms with Gasteiger partial charge in [-0.15, -0.1) is 0 Å². The molecule has 38 heavy (non-hydrogen) atoms. The molecule has 4 aromatic rings. The molecule has 0 bridgehead atoms. The van der Waals surface area contributed by atoms with Gasteiger partial charge in [0.15, 0.2) is 0 Å². The fraction of sp³-hybridized carbons (Fsp3) is 0.423. The van der Waals surface area contributed by atoms with E-state index in [0.29, 0.717) is 42.6 Å². The zero-order chi connectivity index (χ0) is 27.4. The Morgan fingerprint density at radius 2 is 1.71 bits per heavy atom. The van der Waals surface area contributed by atoms with Crippen molar-refractivity contribution in [3.05, 3.63) is 82.9 Å². The van der Waals surface area contributed by atoms with Gasteiger partial charge < -0.3 is 15.1 Å². The van der Waals surface area contributed by atoms with Gasteiger partial charge in [-0.05, 0) is 58.2 Å². The van der Waals surface area contributed by atoms with Gasteiger partial charge in [-0.3, -0.25) is 14.5 Å². The van der Waals surface area contributed by atoms with Crippen LogP contribution in [-0.4, -0.2) is 31.2 Å². The molecule has 0 amide bonds. The fourth-order valence-electron chi connectivity index (χ4n) is 4.77. The van der Waals surface area contributed by atoms with Crippen molar-refractivity contribution < 1.29 is 4.42 Å². The zero-order valence-electron chi connectivity index (χ0n) is 22.0. The molecule has 0 fully saturated rings. The molecular weight excluding hydrogens is 510 g/mol. The van der Waals surface area contributed by atoms with E-state index in [-0.39, 0.29) is 28.5 Å². The number of furan rings is 1. The van der Waals surface area contributed by atoms with E-state index in [1.165, 1.54) is 9.36 Å². The average Bonchev–Trinajstić information content (AvgIpc) is 3.57. The van der Waals surface area contributed by atoms with Crippen LogP contribution in [0.5, 0.6) is 0 Å². The smallest absolute Gasteiger partial charge is 0.363 e. The highest BCUT2D eigenvalue weighted by atomic mass is 35.5. The summed E-state index contributed by atoms with van der Waals surface area (Å²) in [6, 6.07) is 7.03. The molecule has 0 aliphatic carbocycles. The summed E-state index contributed by atoms with van der Waals surface area (Å²) >= 11 is 6.52. The topological polar surface area (TPSA) is 127 Å². The van der Waals surface area contributed by atoms with Crippen LogP contribution in [0, 0.1) is 12.3 Å². The van der Waals surface area contributed by atoms with Crippen LogP contribution >= 0.6 is 11.6 Å². The van der Waals surface area contributed by atoms with Crippen LogP contribution in [0.2, 0.25) is 5.02 Å². The molecule has 0 saturated carbocycles. The Morgan fingerprint density at radius 3 is 2.34 bits per heavy atom. The molecule has 1 aliphatic rings. The molecule has 0 radical (unpaired) electrons. The number of rotatable bonds is 8. The molecule has 1 unspecified atom stereocenters. The van der Waals surface area contributed by atoms with Crippen molar-refractivity contribution in [2.45, 2.75) is 53.4 Å². The number of aromatic nitrogens is 4. The van der Waals surface area contributed by atoms with E-state index >= 15 is 0 Å². The molecule has 2 N–H and O–H groups in total. The largest absolute Gasteiger partial charge is 0.464 e. The van der Waals surface area contributed by atoms with E-state index in [9.17, 15) is 14.4 Å². The number of fused-ring (bicyclic) bond motifs is 1. The number of anilines is 3. The molecule has 11 nitrogen and oxygen atoms in total. The van der Waals surface area contributed by atoms with Crippen LogP contribution in [0.15, 0.2) is 43.1 Å². The fourth-order valence-corrected chi connectivity index (χ4v) is 5.01. The number of hydrogen-bond donors (Lipinski definition) is 2.